The average molecular weight is 385 g/mol. The second kappa shape index (κ2) is 8.16. The lowest BCUT2D eigenvalue weighted by molar-refractivity contribution is -0.149. The molecule has 1 heterocycles. The second-order valence-corrected chi connectivity index (χ2v) is 9.74. The molecule has 3 fully saturated rings. The number of carbonyl (C=O) groups is 1. The Morgan fingerprint density at radius 2 is 1.79 bits per heavy atom. The summed E-state index contributed by atoms with van der Waals surface area (Å²) in [6.45, 7) is 7.90. The highest BCUT2D eigenvalue weighted by Gasteiger charge is 2.58. The van der Waals surface area contributed by atoms with Crippen LogP contribution in [0, 0.1) is 23.7 Å². The Labute approximate surface area is 169 Å². The normalized spacial score (nSPS) is 30.1. The van der Waals surface area contributed by atoms with Crippen molar-refractivity contribution in [3.05, 3.63) is 35.9 Å². The van der Waals surface area contributed by atoms with Gasteiger partial charge in [-0.1, -0.05) is 63.4 Å². The minimum Gasteiger partial charge on any atom is -0.375 e. The lowest BCUT2D eigenvalue weighted by Gasteiger charge is -2.38. The van der Waals surface area contributed by atoms with Crippen molar-refractivity contribution in [3.63, 3.8) is 0 Å². The number of fused-ring (bicyclic) bond motifs is 1. The highest BCUT2D eigenvalue weighted by Crippen LogP contribution is 2.47. The third-order valence-corrected chi connectivity index (χ3v) is 7.35. The van der Waals surface area contributed by atoms with Crippen LogP contribution in [0.25, 0.3) is 0 Å². The van der Waals surface area contributed by atoms with Crippen molar-refractivity contribution in [2.24, 2.45) is 23.7 Å². The Morgan fingerprint density at radius 3 is 2.39 bits per heavy atom. The van der Waals surface area contributed by atoms with Crippen molar-refractivity contribution in [2.75, 3.05) is 19.6 Å². The zero-order valence-electron chi connectivity index (χ0n) is 17.4. The van der Waals surface area contributed by atoms with Gasteiger partial charge in [0.2, 0.25) is 0 Å². The first-order chi connectivity index (χ1) is 13.5. The predicted octanol–water partition coefficient (Wildman–Crippen LogP) is 3.55. The van der Waals surface area contributed by atoms with Crippen LogP contribution < -0.4 is 5.32 Å². The van der Waals surface area contributed by atoms with Gasteiger partial charge in [-0.05, 0) is 49.1 Å². The maximum atomic E-state index is 13.4. The summed E-state index contributed by atoms with van der Waals surface area (Å²) in [6.07, 6.45) is 6.52. The number of nitrogens with zero attached hydrogens (tertiary/aromatic N) is 1. The van der Waals surface area contributed by atoms with Gasteiger partial charge in [0.25, 0.3) is 5.91 Å². The molecule has 1 saturated heterocycles. The van der Waals surface area contributed by atoms with Gasteiger partial charge >= 0.3 is 0 Å². The van der Waals surface area contributed by atoms with Crippen LogP contribution >= 0.6 is 0 Å². The minimum absolute atomic E-state index is 0.0183. The molecule has 0 radical (unpaired) electrons. The Bertz CT molecular complexity index is 658. The maximum Gasteiger partial charge on any atom is 0.257 e. The SMILES string of the molecule is CC(C)CCN1CC2[C@H](C1)[C@H]2NC(=O)C(O)(c1ccccc1)C1CCCCC1. The van der Waals surface area contributed by atoms with Crippen molar-refractivity contribution >= 4 is 5.91 Å². The van der Waals surface area contributed by atoms with Crippen LogP contribution in [0.5, 0.6) is 0 Å². The number of rotatable bonds is 7. The summed E-state index contributed by atoms with van der Waals surface area (Å²) in [5.74, 6) is 1.73. The molecule has 1 aliphatic heterocycles. The number of benzene rings is 1. The topological polar surface area (TPSA) is 52.6 Å². The molecule has 4 heteroatoms. The average Bonchev–Trinajstić information content (AvgIpc) is 3.15. The number of amides is 1. The molecule has 4 nitrogen and oxygen atoms in total. The van der Waals surface area contributed by atoms with E-state index in [4.69, 9.17) is 0 Å². The third-order valence-electron chi connectivity index (χ3n) is 7.35. The number of piperidine rings is 1. The molecule has 2 saturated carbocycles. The van der Waals surface area contributed by atoms with Gasteiger partial charge in [0, 0.05) is 25.0 Å². The van der Waals surface area contributed by atoms with E-state index < -0.39 is 5.60 Å². The standard InChI is InChI=1S/C24H36N2O2/c1-17(2)13-14-26-15-20-21(16-26)22(20)25-23(27)24(28,18-9-5-3-6-10-18)19-11-7-4-8-12-19/h3,5-6,9-10,17,19-22,28H,4,7-8,11-16H2,1-2H3,(H,25,27)/t20-,21?,22+,24?/m0/s1. The lowest BCUT2D eigenvalue weighted by atomic mass is 9.73. The number of carbonyl (C=O) groups excluding carboxylic acids is 1. The van der Waals surface area contributed by atoms with Gasteiger partial charge in [-0.25, -0.2) is 0 Å². The third kappa shape index (κ3) is 3.86. The highest BCUT2D eigenvalue weighted by molar-refractivity contribution is 5.87. The van der Waals surface area contributed by atoms with Crippen LogP contribution in [0.3, 0.4) is 0 Å². The van der Waals surface area contributed by atoms with Gasteiger partial charge in [0.15, 0.2) is 5.60 Å². The van der Waals surface area contributed by atoms with E-state index in [0.29, 0.717) is 11.8 Å². The molecule has 3 aliphatic rings. The van der Waals surface area contributed by atoms with Gasteiger partial charge in [0.05, 0.1) is 0 Å². The molecular formula is C24H36N2O2. The van der Waals surface area contributed by atoms with Crippen molar-refractivity contribution in [1.29, 1.82) is 0 Å². The Hall–Kier alpha value is -1.39. The molecule has 2 aliphatic carbocycles. The van der Waals surface area contributed by atoms with Gasteiger partial charge in [0.1, 0.15) is 0 Å². The van der Waals surface area contributed by atoms with E-state index in [0.717, 1.165) is 50.3 Å². The fourth-order valence-corrected chi connectivity index (χ4v) is 5.48. The minimum atomic E-state index is -1.39. The Morgan fingerprint density at radius 1 is 1.14 bits per heavy atom. The lowest BCUT2D eigenvalue weighted by Crippen LogP contribution is -2.51. The smallest absolute Gasteiger partial charge is 0.257 e. The second-order valence-electron chi connectivity index (χ2n) is 9.74. The number of likely N-dealkylation sites (tertiary alicyclic amines) is 1. The Balaban J connectivity index is 1.41. The van der Waals surface area contributed by atoms with Gasteiger partial charge in [-0.3, -0.25) is 4.79 Å². The number of hydrogen-bond donors (Lipinski definition) is 2. The number of nitrogens with one attached hydrogen (secondary N) is 1. The molecular weight excluding hydrogens is 348 g/mol. The van der Waals surface area contributed by atoms with Crippen molar-refractivity contribution in [1.82, 2.24) is 10.2 Å². The summed E-state index contributed by atoms with van der Waals surface area (Å²) < 4.78 is 0. The monoisotopic (exact) mass is 384 g/mol. The van der Waals surface area contributed by atoms with Crippen LogP contribution in [0.2, 0.25) is 0 Å². The molecule has 0 spiro atoms. The van der Waals surface area contributed by atoms with Crippen LogP contribution in [-0.4, -0.2) is 41.6 Å². The molecule has 28 heavy (non-hydrogen) atoms. The van der Waals surface area contributed by atoms with Crippen molar-refractivity contribution in [2.45, 2.75) is 64.0 Å². The summed E-state index contributed by atoms with van der Waals surface area (Å²) >= 11 is 0. The van der Waals surface area contributed by atoms with Crippen LogP contribution in [0.1, 0.15) is 57.9 Å². The molecule has 4 atom stereocenters. The molecule has 154 valence electrons. The summed E-state index contributed by atoms with van der Waals surface area (Å²) in [6, 6.07) is 9.87. The van der Waals surface area contributed by atoms with Crippen molar-refractivity contribution in [3.8, 4) is 0 Å². The van der Waals surface area contributed by atoms with Crippen LogP contribution in [0.4, 0.5) is 0 Å². The first-order valence-electron chi connectivity index (χ1n) is 11.3. The number of hydrogen-bond acceptors (Lipinski definition) is 3. The number of aliphatic hydroxyl groups is 1. The first kappa shape index (κ1) is 19.9. The van der Waals surface area contributed by atoms with E-state index in [1.807, 2.05) is 30.3 Å². The zero-order chi connectivity index (χ0) is 19.7. The molecule has 2 unspecified atom stereocenters. The maximum absolute atomic E-state index is 13.4. The molecule has 1 amide bonds. The van der Waals surface area contributed by atoms with E-state index in [1.165, 1.54) is 19.4 Å². The summed E-state index contributed by atoms with van der Waals surface area (Å²) in [4.78, 5) is 15.9. The van der Waals surface area contributed by atoms with Crippen LogP contribution in [-0.2, 0) is 10.4 Å². The summed E-state index contributed by atoms with van der Waals surface area (Å²) in [5, 5.41) is 15.0. The van der Waals surface area contributed by atoms with Gasteiger partial charge < -0.3 is 15.3 Å². The van der Waals surface area contributed by atoms with Gasteiger partial charge in [-0.15, -0.1) is 0 Å². The van der Waals surface area contributed by atoms with E-state index in [-0.39, 0.29) is 17.9 Å². The fourth-order valence-electron chi connectivity index (χ4n) is 5.48. The van der Waals surface area contributed by atoms with E-state index in [1.54, 1.807) is 0 Å². The molecule has 0 aromatic heterocycles. The van der Waals surface area contributed by atoms with E-state index >= 15 is 0 Å². The molecule has 4 rings (SSSR count). The van der Waals surface area contributed by atoms with E-state index in [9.17, 15) is 9.90 Å². The summed E-state index contributed by atoms with van der Waals surface area (Å²) in [5.41, 5.74) is -0.639. The quantitative estimate of drug-likeness (QED) is 0.756. The largest absolute Gasteiger partial charge is 0.375 e. The highest BCUT2D eigenvalue weighted by atomic mass is 16.3. The molecule has 0 bridgehead atoms. The fraction of sp³-hybridized carbons (Fsp3) is 0.708. The molecule has 2 N–H and O–H groups in total. The summed E-state index contributed by atoms with van der Waals surface area (Å²) in [7, 11) is 0. The van der Waals surface area contributed by atoms with Crippen LogP contribution in [0.15, 0.2) is 30.3 Å². The van der Waals surface area contributed by atoms with Gasteiger partial charge in [-0.2, -0.15) is 0 Å². The zero-order valence-corrected chi connectivity index (χ0v) is 17.4. The van der Waals surface area contributed by atoms with Crippen molar-refractivity contribution < 1.29 is 9.90 Å². The first-order valence-corrected chi connectivity index (χ1v) is 11.3. The molecule has 1 aromatic rings. The van der Waals surface area contributed by atoms with E-state index in [2.05, 4.69) is 24.1 Å². The Kier molecular flexibility index (Phi) is 5.80. The molecule has 1 aromatic carbocycles. The predicted molar refractivity (Wildman–Crippen MR) is 112 cm³/mol.